The zero-order valence-electron chi connectivity index (χ0n) is 15.2. The van der Waals surface area contributed by atoms with Gasteiger partial charge < -0.3 is 15.2 Å². The number of carbonyl (C=O) groups excluding carboxylic acids is 1. The minimum absolute atomic E-state index is 0.271. The van der Waals surface area contributed by atoms with Crippen molar-refractivity contribution in [1.29, 1.82) is 0 Å². The van der Waals surface area contributed by atoms with Gasteiger partial charge in [-0.05, 0) is 45.2 Å². The van der Waals surface area contributed by atoms with E-state index in [4.69, 9.17) is 15.2 Å². The van der Waals surface area contributed by atoms with Crippen molar-refractivity contribution in [3.05, 3.63) is 34.6 Å². The lowest BCUT2D eigenvalue weighted by molar-refractivity contribution is -0.385. The van der Waals surface area contributed by atoms with Crippen LogP contribution < -0.4 is 15.8 Å². The first-order valence-corrected chi connectivity index (χ1v) is 8.94. The number of benzene rings is 1. The highest BCUT2D eigenvalue weighted by Crippen LogP contribution is 2.35. The van der Waals surface area contributed by atoms with Crippen LogP contribution in [0.25, 0.3) is 0 Å². The van der Waals surface area contributed by atoms with E-state index in [0.717, 1.165) is 6.33 Å². The molecule has 10 nitrogen and oxygen atoms in total. The topological polar surface area (TPSA) is 142 Å². The summed E-state index contributed by atoms with van der Waals surface area (Å²) in [6.07, 6.45) is 2.29. The van der Waals surface area contributed by atoms with Gasteiger partial charge in [-0.3, -0.25) is 15.4 Å². The highest BCUT2D eigenvalue weighted by atomic mass is 32.2. The van der Waals surface area contributed by atoms with Crippen molar-refractivity contribution in [1.82, 2.24) is 9.97 Å². The Kier molecular flexibility index (Phi) is 6.05. The minimum atomic E-state index is -0.710. The van der Waals surface area contributed by atoms with Crippen LogP contribution in [0.15, 0.2) is 29.4 Å². The second-order valence-electron chi connectivity index (χ2n) is 6.26. The van der Waals surface area contributed by atoms with Crippen molar-refractivity contribution >= 4 is 35.0 Å². The predicted octanol–water partition coefficient (Wildman–Crippen LogP) is 3.83. The molecule has 0 radical (unpaired) electrons. The first-order chi connectivity index (χ1) is 12.6. The summed E-state index contributed by atoms with van der Waals surface area (Å²) in [7, 11) is 0. The molecule has 0 unspecified atom stereocenters. The molecule has 1 amide bonds. The number of thioether (sulfide) groups is 1. The van der Waals surface area contributed by atoms with Crippen LogP contribution in [0.4, 0.5) is 22.0 Å². The normalized spacial score (nSPS) is 11.0. The second-order valence-corrected chi connectivity index (χ2v) is 7.11. The number of carbonyl (C=O) groups is 1. The van der Waals surface area contributed by atoms with Crippen molar-refractivity contribution in [3.8, 4) is 11.6 Å². The number of nitro groups is 1. The Bertz CT molecular complexity index is 869. The molecule has 2 aromatic rings. The molecule has 0 bridgehead atoms. The molecule has 0 aliphatic carbocycles. The molecule has 0 aliphatic heterocycles. The van der Waals surface area contributed by atoms with Gasteiger partial charge in [0.2, 0.25) is 5.82 Å². The zero-order chi connectivity index (χ0) is 20.2. The van der Waals surface area contributed by atoms with Crippen molar-refractivity contribution in [3.63, 3.8) is 0 Å². The molecule has 11 heteroatoms. The Morgan fingerprint density at radius 2 is 2.04 bits per heavy atom. The number of nitrogens with one attached hydrogen (secondary N) is 1. The third-order valence-electron chi connectivity index (χ3n) is 3.02. The molecule has 0 spiro atoms. The van der Waals surface area contributed by atoms with Gasteiger partial charge in [-0.25, -0.2) is 9.78 Å². The van der Waals surface area contributed by atoms with Crippen LogP contribution in [-0.4, -0.2) is 32.8 Å². The molecular formula is C16H19N5O5S. The average Bonchev–Trinajstić information content (AvgIpc) is 2.54. The van der Waals surface area contributed by atoms with E-state index in [1.807, 2.05) is 6.26 Å². The van der Waals surface area contributed by atoms with E-state index < -0.39 is 22.3 Å². The molecule has 1 aromatic carbocycles. The number of nitrogens with two attached hydrogens (primary N) is 1. The van der Waals surface area contributed by atoms with Crippen molar-refractivity contribution in [2.45, 2.75) is 31.3 Å². The van der Waals surface area contributed by atoms with E-state index in [2.05, 4.69) is 15.3 Å². The molecule has 1 heterocycles. The van der Waals surface area contributed by atoms with E-state index in [9.17, 15) is 14.9 Å². The van der Waals surface area contributed by atoms with Crippen LogP contribution in [0, 0.1) is 10.1 Å². The summed E-state index contributed by atoms with van der Waals surface area (Å²) in [5.41, 5.74) is 4.90. The third-order valence-corrected chi connectivity index (χ3v) is 3.80. The zero-order valence-corrected chi connectivity index (χ0v) is 16.0. The van der Waals surface area contributed by atoms with E-state index in [1.165, 1.54) is 17.8 Å². The largest absolute Gasteiger partial charge is 0.444 e. The smallest absolute Gasteiger partial charge is 0.412 e. The van der Waals surface area contributed by atoms with E-state index in [1.54, 1.807) is 32.9 Å². The van der Waals surface area contributed by atoms with Crippen molar-refractivity contribution < 1.29 is 19.2 Å². The van der Waals surface area contributed by atoms with Crippen LogP contribution in [-0.2, 0) is 4.74 Å². The fourth-order valence-corrected chi connectivity index (χ4v) is 2.56. The number of anilines is 2. The second kappa shape index (κ2) is 8.08. The van der Waals surface area contributed by atoms with Crippen LogP contribution in [0.2, 0.25) is 0 Å². The number of nitrogen functional groups attached to an aromatic ring is 1. The molecule has 27 heavy (non-hydrogen) atoms. The number of nitrogens with zero attached hydrogens (tertiary/aromatic N) is 3. The Balaban J connectivity index is 2.26. The molecule has 0 aliphatic rings. The molecule has 3 N–H and O–H groups in total. The predicted molar refractivity (Wildman–Crippen MR) is 101 cm³/mol. The van der Waals surface area contributed by atoms with E-state index >= 15 is 0 Å². The van der Waals surface area contributed by atoms with Gasteiger partial charge in [0.1, 0.15) is 17.7 Å². The highest BCUT2D eigenvalue weighted by molar-refractivity contribution is 7.98. The summed E-state index contributed by atoms with van der Waals surface area (Å²) in [6.45, 7) is 5.29. The molecule has 0 saturated carbocycles. The molecule has 0 saturated heterocycles. The van der Waals surface area contributed by atoms with E-state index in [0.29, 0.717) is 10.6 Å². The van der Waals surface area contributed by atoms with Gasteiger partial charge in [-0.1, -0.05) is 0 Å². The lowest BCUT2D eigenvalue weighted by atomic mass is 10.2. The van der Waals surface area contributed by atoms with Gasteiger partial charge >= 0.3 is 17.7 Å². The Labute approximate surface area is 159 Å². The van der Waals surface area contributed by atoms with E-state index in [-0.39, 0.29) is 17.4 Å². The summed E-state index contributed by atoms with van der Waals surface area (Å²) in [6, 6.07) is 4.75. The average molecular weight is 393 g/mol. The number of amides is 1. The summed E-state index contributed by atoms with van der Waals surface area (Å²) >= 11 is 1.35. The number of ether oxygens (including phenoxy) is 2. The molecule has 0 fully saturated rings. The van der Waals surface area contributed by atoms with Gasteiger partial charge in [-0.15, -0.1) is 11.8 Å². The lowest BCUT2D eigenvalue weighted by Crippen LogP contribution is -2.27. The minimum Gasteiger partial charge on any atom is -0.444 e. The quantitative estimate of drug-likeness (QED) is 0.440. The number of rotatable bonds is 5. The molecule has 0 atom stereocenters. The first-order valence-electron chi connectivity index (χ1n) is 7.71. The van der Waals surface area contributed by atoms with Gasteiger partial charge in [0, 0.05) is 4.90 Å². The molecule has 2 rings (SSSR count). The van der Waals surface area contributed by atoms with Crippen LogP contribution in [0.1, 0.15) is 20.8 Å². The summed E-state index contributed by atoms with van der Waals surface area (Å²) in [4.78, 5) is 30.4. The van der Waals surface area contributed by atoms with Crippen LogP contribution >= 0.6 is 11.8 Å². The monoisotopic (exact) mass is 393 g/mol. The molecule has 144 valence electrons. The standard InChI is InChI=1S/C16H19N5O5S/c1-16(2,3)26-15(22)20-10-6-5-9(7-11(10)27-4)25-14-12(21(23)24)13(17)18-8-19-14/h5-8H,1-4H3,(H,20,22)(H2,17,18,19). The summed E-state index contributed by atoms with van der Waals surface area (Å²) < 4.78 is 10.7. The Hall–Kier alpha value is -3.08. The van der Waals surface area contributed by atoms with Gasteiger partial charge in [-0.2, -0.15) is 4.98 Å². The summed E-state index contributed by atoms with van der Waals surface area (Å²) in [5.74, 6) is -0.277. The molecular weight excluding hydrogens is 374 g/mol. The maximum absolute atomic E-state index is 11.9. The maximum Gasteiger partial charge on any atom is 0.412 e. The first kappa shape index (κ1) is 20.2. The maximum atomic E-state index is 11.9. The van der Waals surface area contributed by atoms with Crippen LogP contribution in [0.3, 0.4) is 0 Å². The summed E-state index contributed by atoms with van der Waals surface area (Å²) in [5, 5.41) is 13.8. The lowest BCUT2D eigenvalue weighted by Gasteiger charge is -2.20. The SMILES string of the molecule is CSc1cc(Oc2ncnc(N)c2[N+](=O)[O-])ccc1NC(=O)OC(C)(C)C. The van der Waals surface area contributed by atoms with Crippen LogP contribution in [0.5, 0.6) is 11.6 Å². The fourth-order valence-electron chi connectivity index (χ4n) is 1.99. The van der Waals surface area contributed by atoms with Crippen molar-refractivity contribution in [2.24, 2.45) is 0 Å². The third kappa shape index (κ3) is 5.45. The molecule has 1 aromatic heterocycles. The number of aromatic nitrogens is 2. The van der Waals surface area contributed by atoms with Gasteiger partial charge in [0.25, 0.3) is 0 Å². The van der Waals surface area contributed by atoms with Gasteiger partial charge in [0.05, 0.1) is 10.6 Å². The van der Waals surface area contributed by atoms with Gasteiger partial charge in [0.15, 0.2) is 0 Å². The Morgan fingerprint density at radius 1 is 1.33 bits per heavy atom. The Morgan fingerprint density at radius 3 is 2.63 bits per heavy atom. The van der Waals surface area contributed by atoms with Crippen molar-refractivity contribution in [2.75, 3.05) is 17.3 Å². The number of hydrogen-bond acceptors (Lipinski definition) is 9. The fraction of sp³-hybridized carbons (Fsp3) is 0.312. The highest BCUT2D eigenvalue weighted by Gasteiger charge is 2.23. The number of hydrogen-bond donors (Lipinski definition) is 2.